The lowest BCUT2D eigenvalue weighted by molar-refractivity contribution is -0.123. The third-order valence-corrected chi connectivity index (χ3v) is 5.20. The first-order valence-electron chi connectivity index (χ1n) is 9.43. The van der Waals surface area contributed by atoms with Crippen LogP contribution in [0.4, 0.5) is 5.69 Å². The highest BCUT2D eigenvalue weighted by molar-refractivity contribution is 6.05. The van der Waals surface area contributed by atoms with Crippen LogP contribution in [0.5, 0.6) is 0 Å². The highest BCUT2D eigenvalue weighted by Gasteiger charge is 2.24. The van der Waals surface area contributed by atoms with Crippen molar-refractivity contribution in [3.63, 3.8) is 0 Å². The maximum atomic E-state index is 12.7. The number of benzene rings is 2. The molecular weight excluding hydrogens is 354 g/mol. The molecule has 1 aromatic heterocycles. The zero-order valence-electron chi connectivity index (χ0n) is 15.5. The predicted octanol–water partition coefficient (Wildman–Crippen LogP) is 2.51. The first-order valence-corrected chi connectivity index (χ1v) is 9.43. The molecule has 144 valence electrons. The minimum absolute atomic E-state index is 0.0855. The number of H-pyrrole nitrogens is 1. The Balaban J connectivity index is 1.43. The monoisotopic (exact) mass is 377 g/mol. The van der Waals surface area contributed by atoms with Gasteiger partial charge in [0.1, 0.15) is 0 Å². The van der Waals surface area contributed by atoms with E-state index >= 15 is 0 Å². The number of nitrogens with zero attached hydrogens (tertiary/aromatic N) is 2. The van der Waals surface area contributed by atoms with E-state index in [-0.39, 0.29) is 17.7 Å². The standard InChI is InChI=1S/C21H23N5O2/c22-20(27)17-5-2-8-26(13-17)12-14-3-1-4-15(9-14)21(28)24-18-7-6-16-11-23-25-19(16)10-18/h1,3-4,6-7,9-11,17H,2,5,8,12-13H2,(H2,22,27)(H,23,25)(H,24,28)/t17-/m0/s1. The SMILES string of the molecule is NC(=O)[C@H]1CCCN(Cc2cccc(C(=O)Nc3ccc4cn[nH]c4c3)c2)C1. The van der Waals surface area contributed by atoms with Crippen molar-refractivity contribution in [1.29, 1.82) is 0 Å². The number of amides is 2. The molecule has 2 heterocycles. The van der Waals surface area contributed by atoms with Crippen LogP contribution in [0.3, 0.4) is 0 Å². The van der Waals surface area contributed by atoms with E-state index in [9.17, 15) is 9.59 Å². The number of aromatic nitrogens is 2. The Kier molecular flexibility index (Phi) is 5.08. The summed E-state index contributed by atoms with van der Waals surface area (Å²) in [5, 5.41) is 10.8. The fraction of sp³-hybridized carbons (Fsp3) is 0.286. The maximum Gasteiger partial charge on any atom is 0.255 e. The van der Waals surface area contributed by atoms with E-state index in [2.05, 4.69) is 20.4 Å². The van der Waals surface area contributed by atoms with Crippen LogP contribution in [0.2, 0.25) is 0 Å². The molecular formula is C21H23N5O2. The molecule has 0 bridgehead atoms. The van der Waals surface area contributed by atoms with Gasteiger partial charge < -0.3 is 11.1 Å². The summed E-state index contributed by atoms with van der Waals surface area (Å²) in [6.07, 6.45) is 3.56. The molecule has 2 amide bonds. The van der Waals surface area contributed by atoms with Gasteiger partial charge in [0.25, 0.3) is 5.91 Å². The molecule has 0 aliphatic carbocycles. The highest BCUT2D eigenvalue weighted by Crippen LogP contribution is 2.20. The van der Waals surface area contributed by atoms with E-state index in [0.29, 0.717) is 24.3 Å². The maximum absolute atomic E-state index is 12.7. The summed E-state index contributed by atoms with van der Waals surface area (Å²) in [6, 6.07) is 13.2. The number of piperidine rings is 1. The number of aromatic amines is 1. The van der Waals surface area contributed by atoms with Crippen molar-refractivity contribution in [2.45, 2.75) is 19.4 Å². The summed E-state index contributed by atoms with van der Waals surface area (Å²) in [6.45, 7) is 2.31. The minimum Gasteiger partial charge on any atom is -0.369 e. The van der Waals surface area contributed by atoms with Crippen molar-refractivity contribution in [2.24, 2.45) is 11.7 Å². The molecule has 1 aliphatic rings. The molecule has 1 saturated heterocycles. The Morgan fingerprint density at radius 3 is 3.00 bits per heavy atom. The van der Waals surface area contributed by atoms with E-state index < -0.39 is 0 Å². The van der Waals surface area contributed by atoms with Gasteiger partial charge >= 0.3 is 0 Å². The van der Waals surface area contributed by atoms with Gasteiger partial charge in [0.2, 0.25) is 5.91 Å². The predicted molar refractivity (Wildman–Crippen MR) is 108 cm³/mol. The number of nitrogens with one attached hydrogen (secondary N) is 2. The third-order valence-electron chi connectivity index (χ3n) is 5.20. The number of carbonyl (C=O) groups is 2. The largest absolute Gasteiger partial charge is 0.369 e. The minimum atomic E-state index is -0.230. The third kappa shape index (κ3) is 4.04. The molecule has 0 spiro atoms. The number of hydrogen-bond donors (Lipinski definition) is 3. The molecule has 0 radical (unpaired) electrons. The van der Waals surface area contributed by atoms with E-state index in [1.165, 1.54) is 0 Å². The first-order chi connectivity index (χ1) is 13.6. The second kappa shape index (κ2) is 7.82. The summed E-state index contributed by atoms with van der Waals surface area (Å²) in [7, 11) is 0. The smallest absolute Gasteiger partial charge is 0.255 e. The molecule has 4 rings (SSSR count). The quantitative estimate of drug-likeness (QED) is 0.635. The van der Waals surface area contributed by atoms with Crippen molar-refractivity contribution in [3.8, 4) is 0 Å². The molecule has 28 heavy (non-hydrogen) atoms. The van der Waals surface area contributed by atoms with Gasteiger partial charge in [-0.05, 0) is 55.3 Å². The van der Waals surface area contributed by atoms with Crippen LogP contribution in [0.15, 0.2) is 48.7 Å². The number of hydrogen-bond acceptors (Lipinski definition) is 4. The number of nitrogens with two attached hydrogens (primary N) is 1. The van der Waals surface area contributed by atoms with Crippen LogP contribution >= 0.6 is 0 Å². The van der Waals surface area contributed by atoms with Crippen molar-refractivity contribution in [2.75, 3.05) is 18.4 Å². The van der Waals surface area contributed by atoms with Crippen LogP contribution < -0.4 is 11.1 Å². The lowest BCUT2D eigenvalue weighted by atomic mass is 9.97. The molecule has 4 N–H and O–H groups in total. The van der Waals surface area contributed by atoms with Crippen molar-refractivity contribution in [3.05, 3.63) is 59.8 Å². The van der Waals surface area contributed by atoms with Crippen molar-refractivity contribution >= 4 is 28.4 Å². The van der Waals surface area contributed by atoms with Crippen molar-refractivity contribution < 1.29 is 9.59 Å². The summed E-state index contributed by atoms with van der Waals surface area (Å²) in [4.78, 5) is 26.4. The van der Waals surface area contributed by atoms with Gasteiger partial charge in [0.05, 0.1) is 17.6 Å². The zero-order valence-corrected chi connectivity index (χ0v) is 15.5. The van der Waals surface area contributed by atoms with Gasteiger partial charge in [-0.25, -0.2) is 0 Å². The van der Waals surface area contributed by atoms with Gasteiger partial charge in [0.15, 0.2) is 0 Å². The van der Waals surface area contributed by atoms with E-state index in [1.54, 1.807) is 12.3 Å². The average molecular weight is 377 g/mol. The molecule has 1 fully saturated rings. The van der Waals surface area contributed by atoms with E-state index in [1.807, 2.05) is 36.4 Å². The van der Waals surface area contributed by atoms with Crippen molar-refractivity contribution in [1.82, 2.24) is 15.1 Å². The Labute approximate surface area is 162 Å². The number of rotatable bonds is 5. The molecule has 7 heteroatoms. The highest BCUT2D eigenvalue weighted by atomic mass is 16.2. The lowest BCUT2D eigenvalue weighted by Crippen LogP contribution is -2.40. The lowest BCUT2D eigenvalue weighted by Gasteiger charge is -2.31. The molecule has 1 aliphatic heterocycles. The van der Waals surface area contributed by atoms with Crippen LogP contribution in [-0.4, -0.2) is 40.0 Å². The molecule has 2 aromatic carbocycles. The fourth-order valence-electron chi connectivity index (χ4n) is 3.72. The second-order valence-corrected chi connectivity index (χ2v) is 7.30. The van der Waals surface area contributed by atoms with Crippen LogP contribution in [0.25, 0.3) is 10.9 Å². The number of carbonyl (C=O) groups excluding carboxylic acids is 2. The van der Waals surface area contributed by atoms with Gasteiger partial charge in [-0.1, -0.05) is 12.1 Å². The van der Waals surface area contributed by atoms with E-state index in [4.69, 9.17) is 5.73 Å². The summed E-state index contributed by atoms with van der Waals surface area (Å²) in [5.41, 5.74) is 8.70. The fourth-order valence-corrected chi connectivity index (χ4v) is 3.72. The molecule has 0 saturated carbocycles. The number of anilines is 1. The molecule has 3 aromatic rings. The van der Waals surface area contributed by atoms with Crippen LogP contribution in [-0.2, 0) is 11.3 Å². The Morgan fingerprint density at radius 1 is 1.25 bits per heavy atom. The zero-order chi connectivity index (χ0) is 19.5. The summed E-state index contributed by atoms with van der Waals surface area (Å²) >= 11 is 0. The molecule has 0 unspecified atom stereocenters. The van der Waals surface area contributed by atoms with Crippen LogP contribution in [0, 0.1) is 5.92 Å². The summed E-state index contributed by atoms with van der Waals surface area (Å²) < 4.78 is 0. The molecule has 1 atom stereocenters. The topological polar surface area (TPSA) is 104 Å². The van der Waals surface area contributed by atoms with Crippen LogP contribution in [0.1, 0.15) is 28.8 Å². The normalized spacial score (nSPS) is 17.5. The van der Waals surface area contributed by atoms with Gasteiger partial charge in [0, 0.05) is 29.7 Å². The second-order valence-electron chi connectivity index (χ2n) is 7.30. The number of likely N-dealkylation sites (tertiary alicyclic amines) is 1. The van der Waals surface area contributed by atoms with Gasteiger partial charge in [-0.3, -0.25) is 19.6 Å². The number of primary amides is 1. The molecule has 7 nitrogen and oxygen atoms in total. The Hall–Kier alpha value is -3.19. The number of fused-ring (bicyclic) bond motifs is 1. The van der Waals surface area contributed by atoms with E-state index in [0.717, 1.165) is 35.9 Å². The first kappa shape index (κ1) is 18.2. The van der Waals surface area contributed by atoms with Gasteiger partial charge in [-0.2, -0.15) is 5.10 Å². The average Bonchev–Trinajstić information content (AvgIpc) is 3.16. The Bertz CT molecular complexity index is 1010. The van der Waals surface area contributed by atoms with Gasteiger partial charge in [-0.15, -0.1) is 0 Å². The Morgan fingerprint density at radius 2 is 2.14 bits per heavy atom. The summed E-state index contributed by atoms with van der Waals surface area (Å²) in [5.74, 6) is -0.473.